The van der Waals surface area contributed by atoms with E-state index >= 15 is 0 Å². The molecule has 0 aliphatic heterocycles. The molecule has 0 aromatic heterocycles. The lowest BCUT2D eigenvalue weighted by molar-refractivity contribution is 0.163. The fraction of sp³-hybridized carbons (Fsp3) is 0.600. The second-order valence-electron chi connectivity index (χ2n) is 5.35. The second kappa shape index (κ2) is 6.10. The van der Waals surface area contributed by atoms with Gasteiger partial charge in [-0.3, -0.25) is 0 Å². The van der Waals surface area contributed by atoms with E-state index in [9.17, 15) is 0 Å². The third-order valence-corrected chi connectivity index (χ3v) is 3.63. The molecule has 2 unspecified atom stereocenters. The molecule has 0 heterocycles. The molecule has 0 spiro atoms. The maximum atomic E-state index is 6.19. The fourth-order valence-corrected chi connectivity index (χ4v) is 2.46. The molecule has 18 heavy (non-hydrogen) atoms. The molecule has 3 nitrogen and oxygen atoms in total. The summed E-state index contributed by atoms with van der Waals surface area (Å²) in [6, 6.07) is 8.39. The Labute approximate surface area is 110 Å². The minimum absolute atomic E-state index is 0.171. The molecular weight excluding hydrogens is 224 g/mol. The van der Waals surface area contributed by atoms with E-state index in [4.69, 9.17) is 10.5 Å². The lowest BCUT2D eigenvalue weighted by atomic mass is 10.1. The molecule has 1 aliphatic carbocycles. The van der Waals surface area contributed by atoms with Crippen molar-refractivity contribution in [2.75, 3.05) is 19.0 Å². The van der Waals surface area contributed by atoms with E-state index in [0.717, 1.165) is 24.3 Å². The Morgan fingerprint density at radius 2 is 1.94 bits per heavy atom. The van der Waals surface area contributed by atoms with E-state index in [2.05, 4.69) is 17.0 Å². The minimum Gasteiger partial charge on any atom is -0.489 e. The summed E-state index contributed by atoms with van der Waals surface area (Å²) >= 11 is 0. The van der Waals surface area contributed by atoms with Crippen molar-refractivity contribution in [1.29, 1.82) is 0 Å². The monoisotopic (exact) mass is 248 g/mol. The van der Waals surface area contributed by atoms with Crippen molar-refractivity contribution in [2.45, 2.75) is 44.2 Å². The molecule has 1 aromatic rings. The zero-order valence-corrected chi connectivity index (χ0v) is 11.4. The third kappa shape index (κ3) is 3.39. The van der Waals surface area contributed by atoms with Crippen LogP contribution in [0, 0.1) is 0 Å². The lowest BCUT2D eigenvalue weighted by Crippen LogP contribution is -2.37. The first-order valence-electron chi connectivity index (χ1n) is 6.86. The Hall–Kier alpha value is -1.22. The van der Waals surface area contributed by atoms with Crippen LogP contribution in [0.3, 0.4) is 0 Å². The van der Waals surface area contributed by atoms with E-state index in [0.29, 0.717) is 0 Å². The number of hydrogen-bond donors (Lipinski definition) is 1. The van der Waals surface area contributed by atoms with Gasteiger partial charge in [-0.25, -0.2) is 0 Å². The highest BCUT2D eigenvalue weighted by atomic mass is 16.5. The molecule has 1 fully saturated rings. The SMILES string of the molecule is CN(C)c1cccc(OC2CCCCCC2N)c1. The molecule has 1 aliphatic rings. The molecule has 100 valence electrons. The number of hydrogen-bond acceptors (Lipinski definition) is 3. The summed E-state index contributed by atoms with van der Waals surface area (Å²) < 4.78 is 6.09. The molecule has 1 saturated carbocycles. The van der Waals surface area contributed by atoms with Crippen LogP contribution in [0.2, 0.25) is 0 Å². The van der Waals surface area contributed by atoms with Gasteiger partial charge in [0.25, 0.3) is 0 Å². The Kier molecular flexibility index (Phi) is 4.48. The van der Waals surface area contributed by atoms with Crippen LogP contribution in [0.4, 0.5) is 5.69 Å². The van der Waals surface area contributed by atoms with Crippen LogP contribution in [0.25, 0.3) is 0 Å². The number of nitrogens with zero attached hydrogens (tertiary/aromatic N) is 1. The van der Waals surface area contributed by atoms with Gasteiger partial charge < -0.3 is 15.4 Å². The third-order valence-electron chi connectivity index (χ3n) is 3.63. The summed E-state index contributed by atoms with van der Waals surface area (Å²) in [6.45, 7) is 0. The van der Waals surface area contributed by atoms with Gasteiger partial charge in [0.2, 0.25) is 0 Å². The summed E-state index contributed by atoms with van der Waals surface area (Å²) in [4.78, 5) is 2.08. The standard InChI is InChI=1S/C15H24N2O/c1-17(2)12-7-6-8-13(11-12)18-15-10-5-3-4-9-14(15)16/h6-8,11,14-15H,3-5,9-10,16H2,1-2H3. The molecule has 3 heteroatoms. The molecule has 2 rings (SSSR count). The summed E-state index contributed by atoms with van der Waals surface area (Å²) in [5, 5.41) is 0. The molecule has 1 aromatic carbocycles. The summed E-state index contributed by atoms with van der Waals surface area (Å²) in [7, 11) is 4.08. The highest BCUT2D eigenvalue weighted by Crippen LogP contribution is 2.25. The van der Waals surface area contributed by atoms with Crippen molar-refractivity contribution in [3.8, 4) is 5.75 Å². The van der Waals surface area contributed by atoms with Crippen molar-refractivity contribution < 1.29 is 4.74 Å². The maximum absolute atomic E-state index is 6.19. The number of ether oxygens (including phenoxy) is 1. The average Bonchev–Trinajstić information content (AvgIpc) is 2.55. The Bertz CT molecular complexity index is 379. The van der Waals surface area contributed by atoms with E-state index in [1.165, 1.54) is 19.3 Å². The molecule has 0 saturated heterocycles. The topological polar surface area (TPSA) is 38.5 Å². The smallest absolute Gasteiger partial charge is 0.121 e. The van der Waals surface area contributed by atoms with Gasteiger partial charge in [-0.1, -0.05) is 18.9 Å². The van der Waals surface area contributed by atoms with Crippen LogP contribution in [0.15, 0.2) is 24.3 Å². The van der Waals surface area contributed by atoms with Crippen molar-refractivity contribution in [3.05, 3.63) is 24.3 Å². The zero-order chi connectivity index (χ0) is 13.0. The van der Waals surface area contributed by atoms with Crippen LogP contribution in [0.1, 0.15) is 32.1 Å². The zero-order valence-electron chi connectivity index (χ0n) is 11.4. The minimum atomic E-state index is 0.171. The second-order valence-corrected chi connectivity index (χ2v) is 5.35. The largest absolute Gasteiger partial charge is 0.489 e. The number of nitrogens with two attached hydrogens (primary N) is 1. The van der Waals surface area contributed by atoms with E-state index < -0.39 is 0 Å². The van der Waals surface area contributed by atoms with E-state index in [1.54, 1.807) is 0 Å². The van der Waals surface area contributed by atoms with Gasteiger partial charge in [-0.05, 0) is 31.4 Å². The fourth-order valence-electron chi connectivity index (χ4n) is 2.46. The summed E-state index contributed by atoms with van der Waals surface area (Å²) in [5.74, 6) is 0.934. The predicted molar refractivity (Wildman–Crippen MR) is 76.2 cm³/mol. The molecule has 0 amide bonds. The molecule has 0 bridgehead atoms. The van der Waals surface area contributed by atoms with Gasteiger partial charge in [-0.2, -0.15) is 0 Å². The van der Waals surface area contributed by atoms with E-state index in [1.807, 2.05) is 26.2 Å². The van der Waals surface area contributed by atoms with Crippen LogP contribution >= 0.6 is 0 Å². The Balaban J connectivity index is 2.05. The lowest BCUT2D eigenvalue weighted by Gasteiger charge is -2.23. The van der Waals surface area contributed by atoms with Crippen LogP contribution in [-0.4, -0.2) is 26.2 Å². The molecule has 0 radical (unpaired) electrons. The molecule has 2 atom stereocenters. The highest BCUT2D eigenvalue weighted by molar-refractivity contribution is 5.49. The first kappa shape index (κ1) is 13.2. The van der Waals surface area contributed by atoms with E-state index in [-0.39, 0.29) is 12.1 Å². The average molecular weight is 248 g/mol. The van der Waals surface area contributed by atoms with Gasteiger partial charge in [-0.15, -0.1) is 0 Å². The Morgan fingerprint density at radius 3 is 2.72 bits per heavy atom. The number of benzene rings is 1. The van der Waals surface area contributed by atoms with Gasteiger partial charge in [0.05, 0.1) is 0 Å². The highest BCUT2D eigenvalue weighted by Gasteiger charge is 2.21. The van der Waals surface area contributed by atoms with Crippen LogP contribution < -0.4 is 15.4 Å². The summed E-state index contributed by atoms with van der Waals surface area (Å²) in [6.07, 6.45) is 6.08. The van der Waals surface area contributed by atoms with Gasteiger partial charge in [0.1, 0.15) is 11.9 Å². The van der Waals surface area contributed by atoms with Crippen molar-refractivity contribution in [2.24, 2.45) is 5.73 Å². The normalized spacial score (nSPS) is 24.4. The van der Waals surface area contributed by atoms with Crippen molar-refractivity contribution >= 4 is 5.69 Å². The van der Waals surface area contributed by atoms with Crippen molar-refractivity contribution in [1.82, 2.24) is 0 Å². The van der Waals surface area contributed by atoms with Gasteiger partial charge in [0.15, 0.2) is 0 Å². The van der Waals surface area contributed by atoms with Gasteiger partial charge in [0, 0.05) is 31.9 Å². The number of rotatable bonds is 3. The van der Waals surface area contributed by atoms with Gasteiger partial charge >= 0.3 is 0 Å². The molecular formula is C15H24N2O. The van der Waals surface area contributed by atoms with Crippen LogP contribution in [0.5, 0.6) is 5.75 Å². The quantitative estimate of drug-likeness (QED) is 0.836. The molecule has 2 N–H and O–H groups in total. The Morgan fingerprint density at radius 1 is 1.17 bits per heavy atom. The first-order chi connectivity index (χ1) is 8.66. The van der Waals surface area contributed by atoms with Crippen molar-refractivity contribution in [3.63, 3.8) is 0 Å². The number of anilines is 1. The predicted octanol–water partition coefficient (Wildman–Crippen LogP) is 2.79. The summed E-state index contributed by atoms with van der Waals surface area (Å²) in [5.41, 5.74) is 7.35. The maximum Gasteiger partial charge on any atom is 0.121 e. The first-order valence-corrected chi connectivity index (χ1v) is 6.86. The van der Waals surface area contributed by atoms with Crippen LogP contribution in [-0.2, 0) is 0 Å².